The zero-order valence-corrected chi connectivity index (χ0v) is 17.4. The van der Waals surface area contributed by atoms with Crippen LogP contribution in [0.1, 0.15) is 12.8 Å². The zero-order chi connectivity index (χ0) is 20.7. The van der Waals surface area contributed by atoms with E-state index >= 15 is 0 Å². The van der Waals surface area contributed by atoms with Crippen LogP contribution in [-0.2, 0) is 14.6 Å². The quantitative estimate of drug-likeness (QED) is 0.505. The number of nitrogens with zero attached hydrogens (tertiary/aromatic N) is 4. The summed E-state index contributed by atoms with van der Waals surface area (Å²) < 4.78 is 33.4. The van der Waals surface area contributed by atoms with Crippen molar-refractivity contribution >= 4 is 43.8 Å². The summed E-state index contributed by atoms with van der Waals surface area (Å²) in [4.78, 5) is 4.73. The molecule has 30 heavy (non-hydrogen) atoms. The van der Waals surface area contributed by atoms with Crippen LogP contribution >= 0.6 is 11.6 Å². The van der Waals surface area contributed by atoms with E-state index in [1.54, 1.807) is 36.4 Å². The molecule has 8 nitrogen and oxygen atoms in total. The first-order valence-electron chi connectivity index (χ1n) is 9.54. The normalized spacial score (nSPS) is 17.0. The van der Waals surface area contributed by atoms with Crippen molar-refractivity contribution in [2.45, 2.75) is 28.9 Å². The molecule has 154 valence electrons. The van der Waals surface area contributed by atoms with E-state index in [0.29, 0.717) is 22.9 Å². The lowest BCUT2D eigenvalue weighted by Crippen LogP contribution is -2.19. The Morgan fingerprint density at radius 3 is 2.80 bits per heavy atom. The summed E-state index contributed by atoms with van der Waals surface area (Å²) in [5.41, 5.74) is 0.810. The van der Waals surface area contributed by atoms with Crippen LogP contribution in [0.3, 0.4) is 0 Å². The molecule has 3 heterocycles. The lowest BCUT2D eigenvalue weighted by atomic mass is 10.2. The lowest BCUT2D eigenvalue weighted by Gasteiger charge is -2.14. The summed E-state index contributed by atoms with van der Waals surface area (Å²) >= 11 is 6.21. The van der Waals surface area contributed by atoms with Crippen LogP contribution < -0.4 is 5.32 Å². The molecule has 1 N–H and O–H groups in total. The first-order valence-corrected chi connectivity index (χ1v) is 11.4. The van der Waals surface area contributed by atoms with Gasteiger partial charge in [0.25, 0.3) is 0 Å². The van der Waals surface area contributed by atoms with Gasteiger partial charge in [0, 0.05) is 23.6 Å². The zero-order valence-electron chi connectivity index (χ0n) is 15.8. The van der Waals surface area contributed by atoms with Crippen molar-refractivity contribution in [1.82, 2.24) is 19.8 Å². The van der Waals surface area contributed by atoms with Gasteiger partial charge in [-0.25, -0.2) is 13.4 Å². The van der Waals surface area contributed by atoms with Gasteiger partial charge in [-0.15, -0.1) is 5.10 Å². The summed E-state index contributed by atoms with van der Waals surface area (Å²) in [6.07, 6.45) is 2.08. The fraction of sp³-hybridized carbons (Fsp3) is 0.250. The van der Waals surface area contributed by atoms with Gasteiger partial charge in [0.05, 0.1) is 16.5 Å². The number of sulfone groups is 1. The van der Waals surface area contributed by atoms with E-state index in [0.717, 1.165) is 24.8 Å². The van der Waals surface area contributed by atoms with Gasteiger partial charge in [0.1, 0.15) is 5.82 Å². The Labute approximate surface area is 177 Å². The molecule has 0 unspecified atom stereocenters. The van der Waals surface area contributed by atoms with Crippen LogP contribution in [-0.4, -0.2) is 47.5 Å². The molecule has 0 radical (unpaired) electrons. The maximum absolute atomic E-state index is 13.2. The second-order valence-corrected chi connectivity index (χ2v) is 9.39. The number of nitrogens with one attached hydrogen (secondary N) is 1. The van der Waals surface area contributed by atoms with Crippen molar-refractivity contribution in [2.75, 3.05) is 18.5 Å². The first kappa shape index (κ1) is 19.2. The number of fused-ring (bicyclic) bond motifs is 3. The topological polar surface area (TPSA) is 98.5 Å². The summed E-state index contributed by atoms with van der Waals surface area (Å²) in [6.45, 7) is 1.31. The van der Waals surface area contributed by atoms with Gasteiger partial charge in [-0.1, -0.05) is 35.0 Å². The minimum Gasteiger partial charge on any atom is -0.376 e. The summed E-state index contributed by atoms with van der Waals surface area (Å²) in [5, 5.41) is 12.4. The van der Waals surface area contributed by atoms with Crippen LogP contribution in [0.4, 0.5) is 5.82 Å². The monoisotopic (exact) mass is 443 g/mol. The summed E-state index contributed by atoms with van der Waals surface area (Å²) in [7, 11) is -3.88. The number of ether oxygens (including phenoxy) is 1. The summed E-state index contributed by atoms with van der Waals surface area (Å²) in [5.74, 6) is 0.516. The number of hydrogen-bond acceptors (Lipinski definition) is 7. The van der Waals surface area contributed by atoms with Crippen molar-refractivity contribution in [3.8, 4) is 0 Å². The highest BCUT2D eigenvalue weighted by Crippen LogP contribution is 2.30. The molecule has 0 amide bonds. The Morgan fingerprint density at radius 2 is 2.03 bits per heavy atom. The van der Waals surface area contributed by atoms with Gasteiger partial charge >= 0.3 is 0 Å². The average molecular weight is 444 g/mol. The Hall–Kier alpha value is -2.75. The second kappa shape index (κ2) is 7.50. The molecule has 0 bridgehead atoms. The van der Waals surface area contributed by atoms with Gasteiger partial charge in [0.15, 0.2) is 5.65 Å². The number of hydrogen-bond donors (Lipinski definition) is 1. The molecule has 5 rings (SSSR count). The Morgan fingerprint density at radius 1 is 1.20 bits per heavy atom. The Bertz CT molecular complexity index is 1340. The highest BCUT2D eigenvalue weighted by molar-refractivity contribution is 7.91. The maximum atomic E-state index is 13.2. The van der Waals surface area contributed by atoms with Crippen LogP contribution in [0.15, 0.2) is 58.5 Å². The standard InChI is InChI=1S/C20H18ClN5O3S/c21-13-8-9-17-16(11-13)18(22-12-14-5-4-10-29-14)23-19-20(24-25-26(17)19)30(27,28)15-6-2-1-3-7-15/h1-3,6-9,11,14H,4-5,10,12H2,(H,22,23)/t14-/m1/s1. The number of rotatable bonds is 5. The molecule has 0 saturated carbocycles. The van der Waals surface area contributed by atoms with E-state index in [9.17, 15) is 8.42 Å². The van der Waals surface area contributed by atoms with E-state index in [-0.39, 0.29) is 21.7 Å². The van der Waals surface area contributed by atoms with E-state index in [2.05, 4.69) is 20.6 Å². The van der Waals surface area contributed by atoms with Gasteiger partial charge in [-0.3, -0.25) is 0 Å². The van der Waals surface area contributed by atoms with E-state index < -0.39 is 9.84 Å². The van der Waals surface area contributed by atoms with Crippen molar-refractivity contribution in [3.05, 3.63) is 53.6 Å². The van der Waals surface area contributed by atoms with Gasteiger partial charge in [0.2, 0.25) is 14.9 Å². The Kier molecular flexibility index (Phi) is 4.80. The van der Waals surface area contributed by atoms with Gasteiger partial charge in [-0.05, 0) is 43.2 Å². The molecular formula is C20H18ClN5O3S. The third kappa shape index (κ3) is 3.28. The highest BCUT2D eigenvalue weighted by atomic mass is 35.5. The molecular weight excluding hydrogens is 426 g/mol. The molecule has 1 aliphatic rings. The molecule has 10 heteroatoms. The molecule has 4 aromatic rings. The van der Waals surface area contributed by atoms with E-state index in [1.807, 2.05) is 0 Å². The van der Waals surface area contributed by atoms with E-state index in [1.165, 1.54) is 16.6 Å². The Balaban J connectivity index is 1.68. The van der Waals surface area contributed by atoms with Crippen molar-refractivity contribution in [2.24, 2.45) is 0 Å². The molecule has 0 spiro atoms. The SMILES string of the molecule is O=S(=O)(c1ccccc1)c1nnn2c1nc(NC[C@H]1CCCO1)c1cc(Cl)ccc12. The third-order valence-electron chi connectivity index (χ3n) is 5.11. The predicted octanol–water partition coefficient (Wildman–Crippen LogP) is 3.35. The fourth-order valence-electron chi connectivity index (χ4n) is 3.61. The number of halogens is 1. The number of anilines is 1. The minimum atomic E-state index is -3.88. The van der Waals surface area contributed by atoms with Crippen molar-refractivity contribution in [1.29, 1.82) is 0 Å². The maximum Gasteiger partial charge on any atom is 0.229 e. The van der Waals surface area contributed by atoms with Crippen molar-refractivity contribution in [3.63, 3.8) is 0 Å². The van der Waals surface area contributed by atoms with Crippen molar-refractivity contribution < 1.29 is 13.2 Å². The molecule has 2 aromatic carbocycles. The summed E-state index contributed by atoms with van der Waals surface area (Å²) in [6, 6.07) is 13.4. The largest absolute Gasteiger partial charge is 0.376 e. The molecule has 1 atom stereocenters. The predicted molar refractivity (Wildman–Crippen MR) is 113 cm³/mol. The lowest BCUT2D eigenvalue weighted by molar-refractivity contribution is 0.120. The second-order valence-electron chi connectivity index (χ2n) is 7.08. The molecule has 0 aliphatic carbocycles. The third-order valence-corrected chi connectivity index (χ3v) is 7.01. The molecule has 2 aromatic heterocycles. The van der Waals surface area contributed by atoms with Crippen LogP contribution in [0.2, 0.25) is 5.02 Å². The van der Waals surface area contributed by atoms with E-state index in [4.69, 9.17) is 16.3 Å². The van der Waals surface area contributed by atoms with Crippen LogP contribution in [0.25, 0.3) is 16.6 Å². The first-order chi connectivity index (χ1) is 14.5. The average Bonchev–Trinajstić information content (AvgIpc) is 3.42. The van der Waals surface area contributed by atoms with Crippen LogP contribution in [0.5, 0.6) is 0 Å². The van der Waals surface area contributed by atoms with Crippen LogP contribution in [0, 0.1) is 0 Å². The smallest absolute Gasteiger partial charge is 0.229 e. The van der Waals surface area contributed by atoms with Gasteiger partial charge in [-0.2, -0.15) is 4.52 Å². The minimum absolute atomic E-state index is 0.0906. The molecule has 1 fully saturated rings. The number of benzene rings is 2. The van der Waals surface area contributed by atoms with Gasteiger partial charge < -0.3 is 10.1 Å². The molecule has 1 aliphatic heterocycles. The number of aromatic nitrogens is 4. The fourth-order valence-corrected chi connectivity index (χ4v) is 5.03. The molecule has 1 saturated heterocycles. The highest BCUT2D eigenvalue weighted by Gasteiger charge is 2.27.